The Labute approximate surface area is 120 Å². The molecular formula is C14H16F2N2O3. The molecule has 2 rings (SSSR count). The van der Waals surface area contributed by atoms with E-state index in [0.717, 1.165) is 12.8 Å². The van der Waals surface area contributed by atoms with Crippen molar-refractivity contribution in [3.05, 3.63) is 29.8 Å². The van der Waals surface area contributed by atoms with E-state index in [9.17, 15) is 18.4 Å². The molecule has 0 aromatic heterocycles. The summed E-state index contributed by atoms with van der Waals surface area (Å²) >= 11 is 0. The van der Waals surface area contributed by atoms with Gasteiger partial charge in [-0.2, -0.15) is 8.78 Å². The number of amides is 2. The number of nitrogens with one attached hydrogen (secondary N) is 1. The van der Waals surface area contributed by atoms with Gasteiger partial charge in [0.1, 0.15) is 5.75 Å². The standard InChI is InChI=1S/C14H16F2N2O3/c15-14(16)21-11-5-3-4-10(8-11)13(20)17-9-12(19)18-6-1-2-7-18/h3-5,8,14H,1-2,6-7,9H2,(H,17,20). The summed E-state index contributed by atoms with van der Waals surface area (Å²) in [5.41, 5.74) is 0.169. The molecule has 0 aliphatic carbocycles. The van der Waals surface area contributed by atoms with Gasteiger partial charge in [0.05, 0.1) is 6.54 Å². The van der Waals surface area contributed by atoms with Gasteiger partial charge in [-0.3, -0.25) is 9.59 Å². The van der Waals surface area contributed by atoms with Crippen LogP contribution in [0.2, 0.25) is 0 Å². The van der Waals surface area contributed by atoms with E-state index in [4.69, 9.17) is 0 Å². The molecule has 0 unspecified atom stereocenters. The monoisotopic (exact) mass is 298 g/mol. The van der Waals surface area contributed by atoms with Crippen LogP contribution in [0.25, 0.3) is 0 Å². The lowest BCUT2D eigenvalue weighted by atomic mass is 10.2. The van der Waals surface area contributed by atoms with E-state index in [1.165, 1.54) is 24.3 Å². The highest BCUT2D eigenvalue weighted by atomic mass is 19.3. The first-order chi connectivity index (χ1) is 10.1. The second-order valence-corrected chi connectivity index (χ2v) is 4.68. The Morgan fingerprint density at radius 3 is 2.67 bits per heavy atom. The fourth-order valence-corrected chi connectivity index (χ4v) is 2.15. The second-order valence-electron chi connectivity index (χ2n) is 4.68. The fraction of sp³-hybridized carbons (Fsp3) is 0.429. The van der Waals surface area contributed by atoms with Gasteiger partial charge in [-0.1, -0.05) is 6.07 Å². The van der Waals surface area contributed by atoms with Crippen molar-refractivity contribution in [3.63, 3.8) is 0 Å². The van der Waals surface area contributed by atoms with Crippen molar-refractivity contribution in [2.24, 2.45) is 0 Å². The molecular weight excluding hydrogens is 282 g/mol. The molecule has 0 atom stereocenters. The molecule has 0 bridgehead atoms. The first-order valence-corrected chi connectivity index (χ1v) is 6.67. The number of likely N-dealkylation sites (tertiary alicyclic amines) is 1. The van der Waals surface area contributed by atoms with Crippen LogP contribution in [0.1, 0.15) is 23.2 Å². The lowest BCUT2D eigenvalue weighted by molar-refractivity contribution is -0.129. The average molecular weight is 298 g/mol. The maximum atomic E-state index is 12.1. The molecule has 1 fully saturated rings. The highest BCUT2D eigenvalue weighted by molar-refractivity contribution is 5.96. The van der Waals surface area contributed by atoms with Crippen molar-refractivity contribution in [3.8, 4) is 5.75 Å². The first kappa shape index (κ1) is 15.2. The molecule has 2 amide bonds. The number of benzene rings is 1. The molecule has 0 saturated carbocycles. The number of halogens is 2. The van der Waals surface area contributed by atoms with Crippen LogP contribution in [-0.4, -0.2) is 43.0 Å². The third kappa shape index (κ3) is 4.40. The van der Waals surface area contributed by atoms with Gasteiger partial charge in [-0.15, -0.1) is 0 Å². The predicted octanol–water partition coefficient (Wildman–Crippen LogP) is 1.64. The van der Waals surface area contributed by atoms with Crippen LogP contribution in [-0.2, 0) is 4.79 Å². The first-order valence-electron chi connectivity index (χ1n) is 6.67. The van der Waals surface area contributed by atoms with Crippen molar-refractivity contribution >= 4 is 11.8 Å². The van der Waals surface area contributed by atoms with E-state index in [0.29, 0.717) is 13.1 Å². The number of carbonyl (C=O) groups is 2. The SMILES string of the molecule is O=C(NCC(=O)N1CCCC1)c1cccc(OC(F)F)c1. The summed E-state index contributed by atoms with van der Waals surface area (Å²) in [6, 6.07) is 5.45. The Bertz CT molecular complexity index is 517. The maximum absolute atomic E-state index is 12.1. The molecule has 7 heteroatoms. The number of nitrogens with zero attached hydrogens (tertiary/aromatic N) is 1. The van der Waals surface area contributed by atoms with Gasteiger partial charge in [-0.05, 0) is 31.0 Å². The van der Waals surface area contributed by atoms with Crippen LogP contribution in [0.5, 0.6) is 5.75 Å². The van der Waals surface area contributed by atoms with Gasteiger partial charge >= 0.3 is 6.61 Å². The lowest BCUT2D eigenvalue weighted by Crippen LogP contribution is -2.38. The summed E-state index contributed by atoms with van der Waals surface area (Å²) in [5, 5.41) is 2.48. The van der Waals surface area contributed by atoms with Crippen LogP contribution >= 0.6 is 0 Å². The molecule has 114 valence electrons. The summed E-state index contributed by atoms with van der Waals surface area (Å²) in [6.07, 6.45) is 1.96. The molecule has 1 saturated heterocycles. The summed E-state index contributed by atoms with van der Waals surface area (Å²) in [7, 11) is 0. The number of hydrogen-bond donors (Lipinski definition) is 1. The van der Waals surface area contributed by atoms with Crippen molar-refractivity contribution in [2.45, 2.75) is 19.5 Å². The highest BCUT2D eigenvalue weighted by Crippen LogP contribution is 2.15. The molecule has 1 aliphatic rings. The summed E-state index contributed by atoms with van der Waals surface area (Å²) < 4.78 is 28.4. The number of carbonyl (C=O) groups excluding carboxylic acids is 2. The van der Waals surface area contributed by atoms with Crippen LogP contribution in [0.4, 0.5) is 8.78 Å². The third-order valence-corrected chi connectivity index (χ3v) is 3.18. The van der Waals surface area contributed by atoms with Gasteiger partial charge in [0.25, 0.3) is 5.91 Å². The van der Waals surface area contributed by atoms with E-state index in [1.807, 2.05) is 0 Å². The minimum Gasteiger partial charge on any atom is -0.435 e. The molecule has 5 nitrogen and oxygen atoms in total. The Morgan fingerprint density at radius 1 is 1.29 bits per heavy atom. The second kappa shape index (κ2) is 7.01. The average Bonchev–Trinajstić information content (AvgIpc) is 2.98. The van der Waals surface area contributed by atoms with Crippen LogP contribution in [0.15, 0.2) is 24.3 Å². The molecule has 1 aromatic rings. The van der Waals surface area contributed by atoms with Crippen molar-refractivity contribution in [1.82, 2.24) is 10.2 Å². The Morgan fingerprint density at radius 2 is 2.00 bits per heavy atom. The minimum absolute atomic E-state index is 0.0940. The maximum Gasteiger partial charge on any atom is 0.387 e. The van der Waals surface area contributed by atoms with Crippen LogP contribution in [0.3, 0.4) is 0 Å². The van der Waals surface area contributed by atoms with E-state index < -0.39 is 12.5 Å². The quantitative estimate of drug-likeness (QED) is 0.899. The summed E-state index contributed by atoms with van der Waals surface area (Å²) in [6.45, 7) is -1.61. The Balaban J connectivity index is 1.89. The van der Waals surface area contributed by atoms with Gasteiger partial charge < -0.3 is 15.0 Å². The number of rotatable bonds is 5. The van der Waals surface area contributed by atoms with Gasteiger partial charge in [-0.25, -0.2) is 0 Å². The molecule has 1 N–H and O–H groups in total. The topological polar surface area (TPSA) is 58.6 Å². The zero-order chi connectivity index (χ0) is 15.2. The number of ether oxygens (including phenoxy) is 1. The Hall–Kier alpha value is -2.18. The number of hydrogen-bond acceptors (Lipinski definition) is 3. The van der Waals surface area contributed by atoms with E-state index in [1.54, 1.807) is 4.90 Å². The molecule has 1 aliphatic heterocycles. The van der Waals surface area contributed by atoms with Crippen molar-refractivity contribution in [1.29, 1.82) is 0 Å². The van der Waals surface area contributed by atoms with Gasteiger partial charge in [0.2, 0.25) is 5.91 Å². The Kier molecular flexibility index (Phi) is 5.08. The molecule has 1 aromatic carbocycles. The van der Waals surface area contributed by atoms with Gasteiger partial charge in [0, 0.05) is 18.7 Å². The highest BCUT2D eigenvalue weighted by Gasteiger charge is 2.18. The largest absolute Gasteiger partial charge is 0.435 e. The molecule has 21 heavy (non-hydrogen) atoms. The normalized spacial score (nSPS) is 14.3. The summed E-state index contributed by atoms with van der Waals surface area (Å²) in [5.74, 6) is -0.730. The molecule has 0 spiro atoms. The van der Waals surface area contributed by atoms with Crippen LogP contribution in [0, 0.1) is 0 Å². The third-order valence-electron chi connectivity index (χ3n) is 3.18. The summed E-state index contributed by atoms with van der Waals surface area (Å²) in [4.78, 5) is 25.3. The van der Waals surface area contributed by atoms with Crippen molar-refractivity contribution in [2.75, 3.05) is 19.6 Å². The zero-order valence-corrected chi connectivity index (χ0v) is 11.4. The lowest BCUT2D eigenvalue weighted by Gasteiger charge is -2.15. The van der Waals surface area contributed by atoms with E-state index in [2.05, 4.69) is 10.1 Å². The number of alkyl halides is 2. The van der Waals surface area contributed by atoms with Gasteiger partial charge in [0.15, 0.2) is 0 Å². The van der Waals surface area contributed by atoms with Crippen LogP contribution < -0.4 is 10.1 Å². The smallest absolute Gasteiger partial charge is 0.387 e. The van der Waals surface area contributed by atoms with E-state index >= 15 is 0 Å². The van der Waals surface area contributed by atoms with Crippen molar-refractivity contribution < 1.29 is 23.1 Å². The fourth-order valence-electron chi connectivity index (χ4n) is 2.15. The predicted molar refractivity (Wildman–Crippen MR) is 71.2 cm³/mol. The zero-order valence-electron chi connectivity index (χ0n) is 11.4. The minimum atomic E-state index is -2.94. The van der Waals surface area contributed by atoms with E-state index in [-0.39, 0.29) is 23.8 Å². The molecule has 1 heterocycles. The molecule has 0 radical (unpaired) electrons.